The average Bonchev–Trinajstić information content (AvgIpc) is 2.30. The number of carboxylic acids is 1. The van der Waals surface area contributed by atoms with E-state index in [0.717, 1.165) is 0 Å². The predicted octanol–water partition coefficient (Wildman–Crippen LogP) is 1.31. The van der Waals surface area contributed by atoms with Gasteiger partial charge in [-0.1, -0.05) is 0 Å². The minimum Gasteiger partial charge on any atom is -0.486 e. The second-order valence-electron chi connectivity index (χ2n) is 2.21. The highest BCUT2D eigenvalue weighted by molar-refractivity contribution is 5.86. The van der Waals surface area contributed by atoms with Crippen LogP contribution in [0.3, 0.4) is 0 Å². The first kappa shape index (κ1) is 8.89. The summed E-state index contributed by atoms with van der Waals surface area (Å²) in [4.78, 5) is 10.2. The number of rotatable bonds is 1. The molecule has 6 heteroatoms. The van der Waals surface area contributed by atoms with Crippen LogP contribution in [-0.4, -0.2) is 23.9 Å². The molecule has 0 radical (unpaired) electrons. The monoisotopic (exact) mass is 182 g/mol. The quantitative estimate of drug-likeness (QED) is 0.664. The van der Waals surface area contributed by atoms with Crippen molar-refractivity contribution < 1.29 is 27.8 Å². The largest absolute Gasteiger partial charge is 0.486 e. The lowest BCUT2D eigenvalue weighted by Gasteiger charge is -2.05. The second kappa shape index (κ2) is 2.69. The molecular formula is C6H5F3O3. The maximum Gasteiger partial charge on any atom is 0.416 e. The van der Waals surface area contributed by atoms with E-state index in [2.05, 4.69) is 4.74 Å². The van der Waals surface area contributed by atoms with Crippen molar-refractivity contribution in [3.05, 3.63) is 11.3 Å². The minimum atomic E-state index is -4.59. The van der Waals surface area contributed by atoms with Crippen LogP contribution in [-0.2, 0) is 9.53 Å². The van der Waals surface area contributed by atoms with Crippen molar-refractivity contribution in [3.63, 3.8) is 0 Å². The summed E-state index contributed by atoms with van der Waals surface area (Å²) in [6.07, 6.45) is -4.98. The van der Waals surface area contributed by atoms with E-state index in [1.54, 1.807) is 0 Å². The van der Waals surface area contributed by atoms with Crippen LogP contribution in [0.2, 0.25) is 0 Å². The smallest absolute Gasteiger partial charge is 0.416 e. The first-order valence-electron chi connectivity index (χ1n) is 3.09. The molecule has 1 N–H and O–H groups in total. The minimum absolute atomic E-state index is 0.212. The summed E-state index contributed by atoms with van der Waals surface area (Å²) in [5.41, 5.74) is -1.09. The summed E-state index contributed by atoms with van der Waals surface area (Å²) in [5, 5.41) is 8.26. The molecule has 0 atom stereocenters. The molecule has 1 aliphatic heterocycles. The molecule has 0 aliphatic carbocycles. The molecule has 0 aromatic carbocycles. The van der Waals surface area contributed by atoms with Crippen LogP contribution in [0, 0.1) is 0 Å². The number of hydrogen-bond acceptors (Lipinski definition) is 2. The van der Waals surface area contributed by atoms with Crippen LogP contribution in [0.25, 0.3) is 0 Å². The van der Waals surface area contributed by atoms with Crippen LogP contribution in [0.4, 0.5) is 13.2 Å². The molecule has 68 valence electrons. The maximum absolute atomic E-state index is 12.0. The summed E-state index contributed by atoms with van der Waals surface area (Å²) >= 11 is 0. The lowest BCUT2D eigenvalue weighted by Crippen LogP contribution is -2.14. The molecule has 0 aromatic heterocycles. The molecule has 0 amide bonds. The highest BCUT2D eigenvalue weighted by Crippen LogP contribution is 2.34. The zero-order chi connectivity index (χ0) is 9.35. The molecule has 12 heavy (non-hydrogen) atoms. The third kappa shape index (κ3) is 1.51. The number of ether oxygens (including phenoxy) is 1. The highest BCUT2D eigenvalue weighted by atomic mass is 19.4. The first-order chi connectivity index (χ1) is 5.43. The molecule has 0 aromatic rings. The first-order valence-corrected chi connectivity index (χ1v) is 3.09. The van der Waals surface area contributed by atoms with Crippen molar-refractivity contribution in [2.75, 3.05) is 6.61 Å². The van der Waals surface area contributed by atoms with Crippen molar-refractivity contribution in [3.8, 4) is 0 Å². The predicted molar refractivity (Wildman–Crippen MR) is 31.3 cm³/mol. The SMILES string of the molecule is O=C(O)C1=C(C(F)(F)F)CCO1. The Kier molecular flexibility index (Phi) is 1.99. The zero-order valence-corrected chi connectivity index (χ0v) is 5.81. The summed E-state index contributed by atoms with van der Waals surface area (Å²) in [6.45, 7) is -0.212. The van der Waals surface area contributed by atoms with Crippen LogP contribution in [0.15, 0.2) is 11.3 Å². The van der Waals surface area contributed by atoms with E-state index < -0.39 is 23.5 Å². The van der Waals surface area contributed by atoms with Gasteiger partial charge in [0.25, 0.3) is 0 Å². The van der Waals surface area contributed by atoms with Crippen LogP contribution in [0.5, 0.6) is 0 Å². The standard InChI is InChI=1S/C6H5F3O3/c7-6(8,9)3-1-2-12-4(3)5(10)11/h1-2H2,(H,10,11). The molecule has 0 unspecified atom stereocenters. The van der Waals surface area contributed by atoms with E-state index in [4.69, 9.17) is 5.11 Å². The van der Waals surface area contributed by atoms with Gasteiger partial charge in [0.2, 0.25) is 5.76 Å². The van der Waals surface area contributed by atoms with Crippen molar-refractivity contribution in [2.24, 2.45) is 0 Å². The second-order valence-corrected chi connectivity index (χ2v) is 2.21. The van der Waals surface area contributed by atoms with Gasteiger partial charge in [-0.25, -0.2) is 4.79 Å². The Hall–Kier alpha value is -1.20. The molecule has 1 aliphatic rings. The Morgan fingerprint density at radius 3 is 2.42 bits per heavy atom. The van der Waals surface area contributed by atoms with Gasteiger partial charge in [0.05, 0.1) is 12.2 Å². The van der Waals surface area contributed by atoms with Gasteiger partial charge in [-0.2, -0.15) is 13.2 Å². The van der Waals surface area contributed by atoms with E-state index in [9.17, 15) is 18.0 Å². The van der Waals surface area contributed by atoms with Crippen LogP contribution < -0.4 is 0 Å². The number of halogens is 3. The molecule has 1 rings (SSSR count). The van der Waals surface area contributed by atoms with Gasteiger partial charge in [-0.3, -0.25) is 0 Å². The van der Waals surface area contributed by atoms with E-state index in [1.165, 1.54) is 0 Å². The molecule has 3 nitrogen and oxygen atoms in total. The summed E-state index contributed by atoms with van der Waals surface area (Å²) in [7, 11) is 0. The Morgan fingerprint density at radius 2 is 2.08 bits per heavy atom. The summed E-state index contributed by atoms with van der Waals surface area (Å²) < 4.78 is 40.2. The van der Waals surface area contributed by atoms with Crippen molar-refractivity contribution in [2.45, 2.75) is 12.6 Å². The number of hydrogen-bond donors (Lipinski definition) is 1. The summed E-state index contributed by atoms with van der Waals surface area (Å²) in [6, 6.07) is 0. The molecular weight excluding hydrogens is 177 g/mol. The molecule has 0 saturated heterocycles. The van der Waals surface area contributed by atoms with Gasteiger partial charge in [-0.15, -0.1) is 0 Å². The van der Waals surface area contributed by atoms with Crippen LogP contribution >= 0.6 is 0 Å². The lowest BCUT2D eigenvalue weighted by molar-refractivity contribution is -0.137. The Morgan fingerprint density at radius 1 is 1.50 bits per heavy atom. The summed E-state index contributed by atoms with van der Waals surface area (Å²) in [5.74, 6) is -2.64. The lowest BCUT2D eigenvalue weighted by atomic mass is 10.2. The van der Waals surface area contributed by atoms with E-state index in [-0.39, 0.29) is 13.0 Å². The fourth-order valence-electron chi connectivity index (χ4n) is 0.917. The fraction of sp³-hybridized carbons (Fsp3) is 0.500. The van der Waals surface area contributed by atoms with Gasteiger partial charge in [0, 0.05) is 6.42 Å². The third-order valence-corrected chi connectivity index (χ3v) is 1.41. The Labute approximate surface area is 65.4 Å². The molecule has 0 spiro atoms. The molecule has 1 heterocycles. The van der Waals surface area contributed by atoms with Gasteiger partial charge >= 0.3 is 12.1 Å². The number of alkyl halides is 3. The van der Waals surface area contributed by atoms with Gasteiger partial charge in [0.15, 0.2) is 0 Å². The topological polar surface area (TPSA) is 46.5 Å². The van der Waals surface area contributed by atoms with E-state index in [0.29, 0.717) is 0 Å². The Bertz CT molecular complexity index is 241. The highest BCUT2D eigenvalue weighted by Gasteiger charge is 2.41. The van der Waals surface area contributed by atoms with Crippen LogP contribution in [0.1, 0.15) is 6.42 Å². The average molecular weight is 182 g/mol. The fourth-order valence-corrected chi connectivity index (χ4v) is 0.917. The van der Waals surface area contributed by atoms with Crippen molar-refractivity contribution in [1.82, 2.24) is 0 Å². The number of carboxylic acid groups (broad SMARTS) is 1. The van der Waals surface area contributed by atoms with E-state index >= 15 is 0 Å². The van der Waals surface area contributed by atoms with Gasteiger partial charge in [-0.05, 0) is 0 Å². The van der Waals surface area contributed by atoms with Crippen molar-refractivity contribution in [1.29, 1.82) is 0 Å². The molecule has 0 saturated carbocycles. The van der Waals surface area contributed by atoms with Gasteiger partial charge in [0.1, 0.15) is 0 Å². The van der Waals surface area contributed by atoms with E-state index in [1.807, 2.05) is 0 Å². The maximum atomic E-state index is 12.0. The molecule has 0 fully saturated rings. The number of aliphatic carboxylic acids is 1. The zero-order valence-electron chi connectivity index (χ0n) is 5.81. The van der Waals surface area contributed by atoms with Gasteiger partial charge < -0.3 is 9.84 Å². The third-order valence-electron chi connectivity index (χ3n) is 1.41. The number of carbonyl (C=O) groups is 1. The Balaban J connectivity index is 3.00. The normalized spacial score (nSPS) is 17.9. The molecule has 0 bridgehead atoms. The van der Waals surface area contributed by atoms with Crippen molar-refractivity contribution >= 4 is 5.97 Å².